The molecular weight excluding hydrogens is 178 g/mol. The van der Waals surface area contributed by atoms with Gasteiger partial charge in [0.1, 0.15) is 0 Å². The summed E-state index contributed by atoms with van der Waals surface area (Å²) < 4.78 is 5.59. The average Bonchev–Trinajstić information content (AvgIpc) is 2.26. The molecular formula is C11H23NO2. The van der Waals surface area contributed by atoms with Crippen LogP contribution in [0.1, 0.15) is 32.1 Å². The van der Waals surface area contributed by atoms with Gasteiger partial charge in [-0.25, -0.2) is 0 Å². The van der Waals surface area contributed by atoms with Gasteiger partial charge >= 0.3 is 0 Å². The van der Waals surface area contributed by atoms with Crippen molar-refractivity contribution in [3.05, 3.63) is 0 Å². The summed E-state index contributed by atoms with van der Waals surface area (Å²) in [5.74, 6) is 0.764. The maximum atomic E-state index is 8.92. The fourth-order valence-corrected chi connectivity index (χ4v) is 1.96. The molecule has 0 aromatic carbocycles. The molecule has 0 aromatic rings. The van der Waals surface area contributed by atoms with Gasteiger partial charge in [0, 0.05) is 6.61 Å². The number of likely N-dealkylation sites (N-methyl/N-ethyl adjacent to an activating group) is 1. The van der Waals surface area contributed by atoms with Crippen LogP contribution < -0.4 is 5.32 Å². The minimum absolute atomic E-state index is 0.0959. The highest BCUT2D eigenvalue weighted by Gasteiger charge is 2.14. The second kappa shape index (κ2) is 7.21. The molecule has 2 N–H and O–H groups in total. The highest BCUT2D eigenvalue weighted by molar-refractivity contribution is 4.66. The molecule has 1 atom stereocenters. The van der Waals surface area contributed by atoms with Crippen molar-refractivity contribution in [2.24, 2.45) is 5.92 Å². The van der Waals surface area contributed by atoms with Gasteiger partial charge < -0.3 is 15.2 Å². The molecule has 0 spiro atoms. The molecule has 1 aliphatic rings. The summed E-state index contributed by atoms with van der Waals surface area (Å²) in [5, 5.41) is 11.9. The predicted octanol–water partition coefficient (Wildman–Crippen LogP) is 1.16. The van der Waals surface area contributed by atoms with Crippen LogP contribution in [-0.2, 0) is 4.74 Å². The number of rotatable bonds is 6. The molecule has 1 unspecified atom stereocenters. The summed E-state index contributed by atoms with van der Waals surface area (Å²) in [7, 11) is 1.85. The second-order valence-corrected chi connectivity index (χ2v) is 4.21. The molecule has 1 aliphatic carbocycles. The van der Waals surface area contributed by atoms with Crippen molar-refractivity contribution in [1.29, 1.82) is 0 Å². The lowest BCUT2D eigenvalue weighted by Crippen LogP contribution is -2.34. The van der Waals surface area contributed by atoms with Gasteiger partial charge in [0.05, 0.1) is 19.3 Å². The third kappa shape index (κ3) is 4.40. The van der Waals surface area contributed by atoms with Crippen molar-refractivity contribution in [2.75, 3.05) is 26.9 Å². The Morgan fingerprint density at radius 1 is 1.36 bits per heavy atom. The van der Waals surface area contributed by atoms with Crippen molar-refractivity contribution < 1.29 is 9.84 Å². The minimum atomic E-state index is 0.0959. The van der Waals surface area contributed by atoms with E-state index in [1.54, 1.807) is 0 Å². The minimum Gasteiger partial charge on any atom is -0.395 e. The van der Waals surface area contributed by atoms with Crippen LogP contribution >= 0.6 is 0 Å². The van der Waals surface area contributed by atoms with Gasteiger partial charge in [-0.1, -0.05) is 19.3 Å². The van der Waals surface area contributed by atoms with E-state index in [4.69, 9.17) is 9.84 Å². The maximum absolute atomic E-state index is 8.92. The zero-order valence-corrected chi connectivity index (χ0v) is 9.17. The van der Waals surface area contributed by atoms with Gasteiger partial charge in [-0.15, -0.1) is 0 Å². The summed E-state index contributed by atoms with van der Waals surface area (Å²) in [6.45, 7) is 1.66. The Kier molecular flexibility index (Phi) is 6.15. The van der Waals surface area contributed by atoms with Crippen LogP contribution in [0.15, 0.2) is 0 Å². The van der Waals surface area contributed by atoms with E-state index in [0.29, 0.717) is 6.61 Å². The molecule has 3 heteroatoms. The zero-order chi connectivity index (χ0) is 10.2. The summed E-state index contributed by atoms with van der Waals surface area (Å²) in [5.41, 5.74) is 0. The highest BCUT2D eigenvalue weighted by Crippen LogP contribution is 2.23. The fraction of sp³-hybridized carbons (Fsp3) is 1.00. The number of nitrogens with one attached hydrogen (secondary N) is 1. The SMILES string of the molecule is CNC(CO)COCC1CCCCC1. The lowest BCUT2D eigenvalue weighted by Gasteiger charge is -2.22. The summed E-state index contributed by atoms with van der Waals surface area (Å²) >= 11 is 0. The first-order chi connectivity index (χ1) is 6.86. The Bertz CT molecular complexity index is 131. The normalized spacial score (nSPS) is 21.0. The highest BCUT2D eigenvalue weighted by atomic mass is 16.5. The van der Waals surface area contributed by atoms with Gasteiger partial charge in [0.2, 0.25) is 0 Å². The first kappa shape index (κ1) is 12.0. The quantitative estimate of drug-likeness (QED) is 0.677. The van der Waals surface area contributed by atoms with Gasteiger partial charge in [-0.2, -0.15) is 0 Å². The van der Waals surface area contributed by atoms with Crippen LogP contribution in [0.4, 0.5) is 0 Å². The maximum Gasteiger partial charge on any atom is 0.0642 e. The van der Waals surface area contributed by atoms with Gasteiger partial charge in [-0.3, -0.25) is 0 Å². The van der Waals surface area contributed by atoms with E-state index in [0.717, 1.165) is 12.5 Å². The van der Waals surface area contributed by atoms with E-state index in [2.05, 4.69) is 5.32 Å². The van der Waals surface area contributed by atoms with E-state index in [9.17, 15) is 0 Å². The number of ether oxygens (including phenoxy) is 1. The Hall–Kier alpha value is -0.120. The summed E-state index contributed by atoms with van der Waals surface area (Å²) in [6, 6.07) is 0.0959. The van der Waals surface area contributed by atoms with Crippen molar-refractivity contribution in [3.8, 4) is 0 Å². The third-order valence-corrected chi connectivity index (χ3v) is 3.03. The lowest BCUT2D eigenvalue weighted by molar-refractivity contribution is 0.0576. The Morgan fingerprint density at radius 3 is 2.64 bits per heavy atom. The molecule has 0 bridgehead atoms. The van der Waals surface area contributed by atoms with E-state index < -0.39 is 0 Å². The number of hydrogen-bond acceptors (Lipinski definition) is 3. The van der Waals surface area contributed by atoms with Crippen LogP contribution in [0.25, 0.3) is 0 Å². The Balaban J connectivity index is 2.01. The van der Waals surface area contributed by atoms with E-state index in [-0.39, 0.29) is 12.6 Å². The summed E-state index contributed by atoms with van der Waals surface area (Å²) in [6.07, 6.45) is 6.77. The van der Waals surface area contributed by atoms with Crippen LogP contribution in [0.2, 0.25) is 0 Å². The molecule has 3 nitrogen and oxygen atoms in total. The van der Waals surface area contributed by atoms with Crippen molar-refractivity contribution in [3.63, 3.8) is 0 Å². The molecule has 14 heavy (non-hydrogen) atoms. The molecule has 0 saturated heterocycles. The standard InChI is InChI=1S/C11H23NO2/c1-12-11(7-13)9-14-8-10-5-3-2-4-6-10/h10-13H,2-9H2,1H3. The van der Waals surface area contributed by atoms with Crippen molar-refractivity contribution in [1.82, 2.24) is 5.32 Å². The predicted molar refractivity (Wildman–Crippen MR) is 57.3 cm³/mol. The average molecular weight is 201 g/mol. The molecule has 1 rings (SSSR count). The van der Waals surface area contributed by atoms with E-state index >= 15 is 0 Å². The monoisotopic (exact) mass is 201 g/mol. The number of aliphatic hydroxyl groups excluding tert-OH is 1. The third-order valence-electron chi connectivity index (χ3n) is 3.03. The van der Waals surface area contributed by atoms with Gasteiger partial charge in [0.25, 0.3) is 0 Å². The van der Waals surface area contributed by atoms with E-state index in [1.165, 1.54) is 32.1 Å². The zero-order valence-electron chi connectivity index (χ0n) is 9.17. The molecule has 84 valence electrons. The second-order valence-electron chi connectivity index (χ2n) is 4.21. The van der Waals surface area contributed by atoms with Crippen LogP contribution in [0.3, 0.4) is 0 Å². The van der Waals surface area contributed by atoms with E-state index in [1.807, 2.05) is 7.05 Å². The van der Waals surface area contributed by atoms with Crippen molar-refractivity contribution in [2.45, 2.75) is 38.1 Å². The molecule has 1 fully saturated rings. The largest absolute Gasteiger partial charge is 0.395 e. The molecule has 0 heterocycles. The lowest BCUT2D eigenvalue weighted by atomic mass is 9.90. The van der Waals surface area contributed by atoms with Crippen LogP contribution in [-0.4, -0.2) is 38.0 Å². The molecule has 0 aromatic heterocycles. The molecule has 0 amide bonds. The molecule has 1 saturated carbocycles. The Morgan fingerprint density at radius 2 is 2.07 bits per heavy atom. The van der Waals surface area contributed by atoms with Crippen LogP contribution in [0, 0.1) is 5.92 Å². The number of aliphatic hydroxyl groups is 1. The van der Waals surface area contributed by atoms with Gasteiger partial charge in [0.15, 0.2) is 0 Å². The number of hydrogen-bond donors (Lipinski definition) is 2. The van der Waals surface area contributed by atoms with Gasteiger partial charge in [-0.05, 0) is 25.8 Å². The van der Waals surface area contributed by atoms with Crippen molar-refractivity contribution >= 4 is 0 Å². The Labute approximate surface area is 86.8 Å². The summed E-state index contributed by atoms with van der Waals surface area (Å²) in [4.78, 5) is 0. The fourth-order valence-electron chi connectivity index (χ4n) is 1.96. The van der Waals surface area contributed by atoms with Crippen LogP contribution in [0.5, 0.6) is 0 Å². The first-order valence-corrected chi connectivity index (χ1v) is 5.72. The topological polar surface area (TPSA) is 41.5 Å². The smallest absolute Gasteiger partial charge is 0.0642 e. The molecule has 0 aliphatic heterocycles. The first-order valence-electron chi connectivity index (χ1n) is 5.72. The molecule has 0 radical (unpaired) electrons.